The fourth-order valence-corrected chi connectivity index (χ4v) is 1.08. The van der Waals surface area contributed by atoms with Crippen molar-refractivity contribution in [1.29, 1.82) is 0 Å². The molecule has 0 bridgehead atoms. The topological polar surface area (TPSA) is 59.4 Å². The molecule has 1 aromatic heterocycles. The van der Waals surface area contributed by atoms with E-state index < -0.39 is 5.97 Å². The fraction of sp³-hybridized carbons (Fsp3) is 0.200. The van der Waals surface area contributed by atoms with Crippen LogP contribution in [0.5, 0.6) is 5.88 Å². The van der Waals surface area contributed by atoms with Crippen molar-refractivity contribution in [2.75, 3.05) is 6.61 Å². The summed E-state index contributed by atoms with van der Waals surface area (Å²) in [5, 5.41) is 8.81. The lowest BCUT2D eigenvalue weighted by Crippen LogP contribution is -2.02. The van der Waals surface area contributed by atoms with E-state index in [0.717, 1.165) is 0 Å². The van der Waals surface area contributed by atoms with Gasteiger partial charge in [-0.3, -0.25) is 0 Å². The lowest BCUT2D eigenvalue weighted by molar-refractivity contribution is 0.0696. The van der Waals surface area contributed by atoms with Crippen LogP contribution in [0.15, 0.2) is 12.3 Å². The number of carboxylic acid groups (broad SMARTS) is 1. The van der Waals surface area contributed by atoms with Crippen LogP contribution in [0.4, 0.5) is 0 Å². The minimum atomic E-state index is -1.08. The zero-order valence-corrected chi connectivity index (χ0v) is 8.49. The first kappa shape index (κ1) is 11.3. The van der Waals surface area contributed by atoms with E-state index >= 15 is 0 Å². The third kappa shape index (κ3) is 3.15. The van der Waals surface area contributed by atoms with Crippen LogP contribution in [0, 0.1) is 12.3 Å². The number of carbonyl (C=O) groups is 1. The van der Waals surface area contributed by atoms with Gasteiger partial charge in [-0.05, 0) is 6.07 Å². The average molecular weight is 226 g/mol. The maximum Gasteiger partial charge on any atom is 0.337 e. The number of carboxylic acids is 1. The van der Waals surface area contributed by atoms with E-state index in [4.69, 9.17) is 27.9 Å². The highest BCUT2D eigenvalue weighted by molar-refractivity contribution is 6.32. The van der Waals surface area contributed by atoms with Gasteiger partial charge in [0.15, 0.2) is 0 Å². The Bertz CT molecular complexity index is 412. The van der Waals surface area contributed by atoms with Crippen molar-refractivity contribution in [3.8, 4) is 18.2 Å². The van der Waals surface area contributed by atoms with Gasteiger partial charge in [-0.2, -0.15) is 0 Å². The number of aromatic nitrogens is 1. The molecular formula is C10H8ClNO3. The molecule has 78 valence electrons. The number of pyridine rings is 1. The third-order valence-electron chi connectivity index (χ3n) is 1.54. The van der Waals surface area contributed by atoms with Gasteiger partial charge in [0.25, 0.3) is 0 Å². The molecule has 0 saturated heterocycles. The molecule has 0 atom stereocenters. The van der Waals surface area contributed by atoms with E-state index in [1.807, 2.05) is 0 Å². The third-order valence-corrected chi connectivity index (χ3v) is 1.81. The van der Waals surface area contributed by atoms with E-state index in [-0.39, 0.29) is 16.5 Å². The summed E-state index contributed by atoms with van der Waals surface area (Å²) in [6, 6.07) is 1.28. The molecule has 15 heavy (non-hydrogen) atoms. The van der Waals surface area contributed by atoms with Crippen molar-refractivity contribution < 1.29 is 14.6 Å². The lowest BCUT2D eigenvalue weighted by Gasteiger charge is -2.05. The molecule has 0 saturated carbocycles. The Balaban J connectivity index is 2.76. The van der Waals surface area contributed by atoms with Crippen LogP contribution in [0.3, 0.4) is 0 Å². The van der Waals surface area contributed by atoms with E-state index in [0.29, 0.717) is 13.0 Å². The molecule has 0 radical (unpaired) electrons. The number of halogens is 1. The number of hydrogen-bond acceptors (Lipinski definition) is 3. The molecule has 0 aliphatic heterocycles. The lowest BCUT2D eigenvalue weighted by atomic mass is 10.3. The summed E-state index contributed by atoms with van der Waals surface area (Å²) in [5.41, 5.74) is 0.0179. The van der Waals surface area contributed by atoms with Gasteiger partial charge in [0.1, 0.15) is 11.6 Å². The first-order chi connectivity index (χ1) is 7.15. The van der Waals surface area contributed by atoms with E-state index in [9.17, 15) is 4.79 Å². The van der Waals surface area contributed by atoms with Crippen molar-refractivity contribution >= 4 is 17.6 Å². The molecule has 0 spiro atoms. The number of rotatable bonds is 4. The van der Waals surface area contributed by atoms with Crippen LogP contribution >= 0.6 is 11.6 Å². The second-order valence-corrected chi connectivity index (χ2v) is 3.03. The standard InChI is InChI=1S/C10H8ClNO3/c1-2-3-4-15-9-8(11)5-7(6-12-9)10(13)14/h1,5-6H,3-4H2,(H,13,14). The van der Waals surface area contributed by atoms with Crippen molar-refractivity contribution in [3.05, 3.63) is 22.8 Å². The summed E-state index contributed by atoms with van der Waals surface area (Å²) < 4.78 is 5.13. The maximum absolute atomic E-state index is 10.6. The predicted octanol–water partition coefficient (Wildman–Crippen LogP) is 1.84. The van der Waals surface area contributed by atoms with Crippen LogP contribution in [0.2, 0.25) is 5.02 Å². The second-order valence-electron chi connectivity index (χ2n) is 2.62. The zero-order chi connectivity index (χ0) is 11.3. The van der Waals surface area contributed by atoms with Gasteiger partial charge in [-0.15, -0.1) is 12.3 Å². The molecule has 1 heterocycles. The minimum Gasteiger partial charge on any atom is -0.478 e. The van der Waals surface area contributed by atoms with Crippen molar-refractivity contribution in [2.45, 2.75) is 6.42 Å². The maximum atomic E-state index is 10.6. The minimum absolute atomic E-state index is 0.0179. The van der Waals surface area contributed by atoms with E-state index in [2.05, 4.69) is 10.9 Å². The summed E-state index contributed by atoms with van der Waals surface area (Å²) in [6.45, 7) is 0.301. The predicted molar refractivity (Wildman–Crippen MR) is 55.2 cm³/mol. The molecule has 0 aliphatic rings. The average Bonchev–Trinajstić information content (AvgIpc) is 2.20. The summed E-state index contributed by atoms with van der Waals surface area (Å²) in [6.07, 6.45) is 6.66. The molecule has 1 rings (SSSR count). The van der Waals surface area contributed by atoms with Crippen LogP contribution in [0.1, 0.15) is 16.8 Å². The molecule has 1 N–H and O–H groups in total. The smallest absolute Gasteiger partial charge is 0.337 e. The number of aromatic carboxylic acids is 1. The highest BCUT2D eigenvalue weighted by Crippen LogP contribution is 2.22. The van der Waals surface area contributed by atoms with Crippen LogP contribution in [-0.4, -0.2) is 22.7 Å². The van der Waals surface area contributed by atoms with Crippen LogP contribution in [0.25, 0.3) is 0 Å². The molecule has 4 nitrogen and oxygen atoms in total. The first-order valence-electron chi connectivity index (χ1n) is 4.10. The van der Waals surface area contributed by atoms with Gasteiger partial charge >= 0.3 is 5.97 Å². The number of ether oxygens (including phenoxy) is 1. The Morgan fingerprint density at radius 2 is 2.47 bits per heavy atom. The van der Waals surface area contributed by atoms with Crippen LogP contribution < -0.4 is 4.74 Å². The molecule has 0 fully saturated rings. The first-order valence-corrected chi connectivity index (χ1v) is 4.48. The van der Waals surface area contributed by atoms with Gasteiger partial charge in [-0.25, -0.2) is 9.78 Å². The normalized spacial score (nSPS) is 9.33. The van der Waals surface area contributed by atoms with Gasteiger partial charge in [0.05, 0.1) is 5.56 Å². The Morgan fingerprint density at radius 1 is 1.73 bits per heavy atom. The molecular weight excluding hydrogens is 218 g/mol. The SMILES string of the molecule is C#CCCOc1ncc(C(=O)O)cc1Cl. The van der Waals surface area contributed by atoms with Gasteiger partial charge in [-0.1, -0.05) is 11.6 Å². The Hall–Kier alpha value is -1.73. The molecule has 5 heteroatoms. The monoisotopic (exact) mass is 225 g/mol. The molecule has 0 aromatic carbocycles. The largest absolute Gasteiger partial charge is 0.478 e. The molecule has 1 aromatic rings. The highest BCUT2D eigenvalue weighted by atomic mass is 35.5. The second kappa shape index (κ2) is 5.23. The van der Waals surface area contributed by atoms with Crippen molar-refractivity contribution in [1.82, 2.24) is 4.98 Å². The number of terminal acetylenes is 1. The Morgan fingerprint density at radius 3 is 3.00 bits per heavy atom. The summed E-state index contributed by atoms with van der Waals surface area (Å²) in [4.78, 5) is 14.3. The number of hydrogen-bond donors (Lipinski definition) is 1. The summed E-state index contributed by atoms with van der Waals surface area (Å²) >= 11 is 5.75. The van der Waals surface area contributed by atoms with Crippen molar-refractivity contribution in [3.63, 3.8) is 0 Å². The highest BCUT2D eigenvalue weighted by Gasteiger charge is 2.08. The Labute approximate surface area is 91.8 Å². The fourth-order valence-electron chi connectivity index (χ4n) is 0.855. The molecule has 0 amide bonds. The van der Waals surface area contributed by atoms with Gasteiger partial charge < -0.3 is 9.84 Å². The number of nitrogens with zero attached hydrogens (tertiary/aromatic N) is 1. The van der Waals surface area contributed by atoms with Crippen molar-refractivity contribution in [2.24, 2.45) is 0 Å². The zero-order valence-electron chi connectivity index (χ0n) is 7.74. The van der Waals surface area contributed by atoms with E-state index in [1.54, 1.807) is 0 Å². The Kier molecular flexibility index (Phi) is 3.95. The quantitative estimate of drug-likeness (QED) is 0.628. The molecule has 0 unspecified atom stereocenters. The van der Waals surface area contributed by atoms with Crippen LogP contribution in [-0.2, 0) is 0 Å². The summed E-state index contributed by atoms with van der Waals surface area (Å²) in [5.74, 6) is 1.50. The van der Waals surface area contributed by atoms with Gasteiger partial charge in [0, 0.05) is 12.6 Å². The van der Waals surface area contributed by atoms with E-state index in [1.165, 1.54) is 12.3 Å². The molecule has 0 aliphatic carbocycles. The summed E-state index contributed by atoms with van der Waals surface area (Å²) in [7, 11) is 0. The van der Waals surface area contributed by atoms with Gasteiger partial charge in [0.2, 0.25) is 5.88 Å².